The maximum Gasteiger partial charge on any atom is 0.252 e. The number of azide groups is 1. The van der Waals surface area contributed by atoms with Gasteiger partial charge < -0.3 is 19.9 Å². The molecular formula is C35H32Cl3N5O4. The predicted octanol–water partition coefficient (Wildman–Crippen LogP) is 8.08. The van der Waals surface area contributed by atoms with E-state index in [1.165, 1.54) is 0 Å². The van der Waals surface area contributed by atoms with Crippen molar-refractivity contribution in [2.75, 3.05) is 19.8 Å². The van der Waals surface area contributed by atoms with Crippen molar-refractivity contribution in [1.29, 1.82) is 0 Å². The topological polar surface area (TPSA) is 129 Å². The number of aliphatic hydroxyl groups is 1. The lowest BCUT2D eigenvalue weighted by Gasteiger charge is -2.32. The summed E-state index contributed by atoms with van der Waals surface area (Å²) in [5.74, 6) is 0.514. The molecule has 1 heterocycles. The van der Waals surface area contributed by atoms with E-state index in [0.717, 1.165) is 16.7 Å². The minimum absolute atomic E-state index is 0.0349. The molecule has 0 fully saturated rings. The van der Waals surface area contributed by atoms with Crippen LogP contribution in [0.2, 0.25) is 15.1 Å². The number of carbonyl (C=O) groups is 1. The van der Waals surface area contributed by atoms with Crippen LogP contribution in [0.1, 0.15) is 40.3 Å². The fraction of sp³-hybridized carbons (Fsp3) is 0.257. The number of nitrogens with one attached hydrogen (secondary N) is 1. The van der Waals surface area contributed by atoms with E-state index in [-0.39, 0.29) is 31.4 Å². The average molecular weight is 693 g/mol. The molecule has 47 heavy (non-hydrogen) atoms. The highest BCUT2D eigenvalue weighted by molar-refractivity contribution is 6.35. The summed E-state index contributed by atoms with van der Waals surface area (Å²) < 4.78 is 12.3. The lowest BCUT2D eigenvalue weighted by atomic mass is 9.80. The molecule has 1 aliphatic rings. The molecule has 0 spiro atoms. The molecule has 242 valence electrons. The molecule has 1 aliphatic heterocycles. The Hall–Kier alpha value is -4.24. The smallest absolute Gasteiger partial charge is 0.252 e. The second-order valence-electron chi connectivity index (χ2n) is 10.9. The normalized spacial score (nSPS) is 16.9. The zero-order valence-corrected chi connectivity index (χ0v) is 27.5. The number of aliphatic imine (C=N–C) groups is 1. The van der Waals surface area contributed by atoms with Crippen LogP contribution in [0.5, 0.6) is 5.75 Å². The van der Waals surface area contributed by atoms with E-state index in [4.69, 9.17) is 59.9 Å². The zero-order chi connectivity index (χ0) is 33.2. The Morgan fingerprint density at radius 3 is 2.43 bits per heavy atom. The number of amides is 1. The number of hydrogen-bond acceptors (Lipinski definition) is 6. The van der Waals surface area contributed by atoms with Crippen molar-refractivity contribution in [3.63, 3.8) is 0 Å². The van der Waals surface area contributed by atoms with E-state index in [2.05, 4.69) is 15.3 Å². The van der Waals surface area contributed by atoms with Crippen LogP contribution in [-0.4, -0.2) is 42.2 Å². The van der Waals surface area contributed by atoms with Gasteiger partial charge in [-0.15, -0.1) is 0 Å². The Bertz CT molecular complexity index is 1780. The number of hydrogen-bond donors (Lipinski definition) is 2. The summed E-state index contributed by atoms with van der Waals surface area (Å²) in [6.45, 7) is 0.836. The van der Waals surface area contributed by atoms with Crippen molar-refractivity contribution in [2.24, 2.45) is 10.1 Å². The van der Waals surface area contributed by atoms with Crippen LogP contribution in [0.4, 0.5) is 0 Å². The number of nitrogens with zero attached hydrogens (tertiary/aromatic N) is 4. The minimum Gasteiger partial charge on any atom is -0.494 e. The molecular weight excluding hydrogens is 661 g/mol. The first kappa shape index (κ1) is 34.1. The Balaban J connectivity index is 1.58. The third-order valence-corrected chi connectivity index (χ3v) is 8.58. The second kappa shape index (κ2) is 16.0. The summed E-state index contributed by atoms with van der Waals surface area (Å²) in [6.07, 6.45) is 0.254. The molecule has 1 amide bonds. The maximum atomic E-state index is 14.6. The maximum absolute atomic E-state index is 14.6. The molecule has 4 aromatic carbocycles. The first-order chi connectivity index (χ1) is 22.8. The fourth-order valence-electron chi connectivity index (χ4n) is 5.38. The van der Waals surface area contributed by atoms with Gasteiger partial charge in [0.05, 0.1) is 13.2 Å². The monoisotopic (exact) mass is 691 g/mol. The number of benzene rings is 4. The summed E-state index contributed by atoms with van der Waals surface area (Å²) in [4.78, 5) is 22.6. The summed E-state index contributed by atoms with van der Waals surface area (Å²) in [6, 6.07) is 27.1. The SMILES string of the molecule is [N-]=[N+]=NCc1ccccc1C[C@@]1(C(=O)NCCc2ccc(Cl)cc2)N=C(c2ccc(OCCCO)cc2)O[C@@H]1c1ccc(Cl)cc1Cl. The van der Waals surface area contributed by atoms with Crippen molar-refractivity contribution in [3.05, 3.63) is 144 Å². The van der Waals surface area contributed by atoms with Gasteiger partial charge in [-0.2, -0.15) is 0 Å². The number of aliphatic hydroxyl groups excluding tert-OH is 1. The van der Waals surface area contributed by atoms with E-state index in [9.17, 15) is 4.79 Å². The Labute approximate surface area is 287 Å². The van der Waals surface area contributed by atoms with Crippen LogP contribution in [-0.2, 0) is 28.9 Å². The second-order valence-corrected chi connectivity index (χ2v) is 12.2. The number of carbonyl (C=O) groups excluding carboxylic acids is 1. The van der Waals surface area contributed by atoms with Crippen LogP contribution in [0.15, 0.2) is 101 Å². The van der Waals surface area contributed by atoms with Crippen molar-refractivity contribution < 1.29 is 19.4 Å². The van der Waals surface area contributed by atoms with Gasteiger partial charge in [0.25, 0.3) is 5.91 Å². The predicted molar refractivity (Wildman–Crippen MR) is 184 cm³/mol. The van der Waals surface area contributed by atoms with E-state index >= 15 is 0 Å². The van der Waals surface area contributed by atoms with Crippen molar-refractivity contribution in [1.82, 2.24) is 5.32 Å². The summed E-state index contributed by atoms with van der Waals surface area (Å²) in [5, 5.41) is 17.4. The average Bonchev–Trinajstić information content (AvgIpc) is 3.45. The van der Waals surface area contributed by atoms with Crippen molar-refractivity contribution >= 4 is 46.6 Å². The molecule has 2 atom stereocenters. The van der Waals surface area contributed by atoms with Crippen molar-refractivity contribution in [3.8, 4) is 5.75 Å². The summed E-state index contributed by atoms with van der Waals surface area (Å²) in [7, 11) is 0. The highest BCUT2D eigenvalue weighted by atomic mass is 35.5. The molecule has 0 saturated heterocycles. The molecule has 4 aromatic rings. The van der Waals surface area contributed by atoms with E-state index in [0.29, 0.717) is 57.9 Å². The van der Waals surface area contributed by atoms with E-state index < -0.39 is 11.6 Å². The van der Waals surface area contributed by atoms with Gasteiger partial charge in [-0.05, 0) is 77.2 Å². The summed E-state index contributed by atoms with van der Waals surface area (Å²) >= 11 is 19.1. The number of halogens is 3. The highest BCUT2D eigenvalue weighted by Crippen LogP contribution is 2.45. The van der Waals surface area contributed by atoms with Gasteiger partial charge >= 0.3 is 0 Å². The van der Waals surface area contributed by atoms with Gasteiger partial charge in [0.15, 0.2) is 11.6 Å². The van der Waals surface area contributed by atoms with Gasteiger partial charge in [-0.1, -0.05) is 82.4 Å². The quantitative estimate of drug-likeness (QED) is 0.0599. The zero-order valence-electron chi connectivity index (χ0n) is 25.3. The third-order valence-electron chi connectivity index (χ3n) is 7.77. The van der Waals surface area contributed by atoms with Gasteiger partial charge in [0.1, 0.15) is 5.75 Å². The first-order valence-electron chi connectivity index (χ1n) is 15.0. The fourth-order valence-corrected chi connectivity index (χ4v) is 6.01. The van der Waals surface area contributed by atoms with Gasteiger partial charge in [-0.25, -0.2) is 4.99 Å². The Morgan fingerprint density at radius 1 is 1.00 bits per heavy atom. The largest absolute Gasteiger partial charge is 0.494 e. The molecule has 0 aliphatic carbocycles. The standard InChI is InChI=1S/C35H32Cl3N5O4/c36-27-10-6-23(7-11-27)16-17-40-34(45)35(21-25-4-1-2-5-26(25)22-41-43-39)32(30-15-12-28(37)20-31(30)38)47-33(42-35)24-8-13-29(14-9-24)46-19-3-18-44/h1-2,4-15,20,32,44H,3,16-19,21-22H2,(H,40,45)/t32-,35-/m1/s1. The van der Waals surface area contributed by atoms with E-state index in [1.807, 2.05) is 48.5 Å². The van der Waals surface area contributed by atoms with Crippen LogP contribution in [0, 0.1) is 0 Å². The number of ether oxygens (including phenoxy) is 2. The van der Waals surface area contributed by atoms with E-state index in [1.54, 1.807) is 42.5 Å². The Kier molecular flexibility index (Phi) is 11.6. The molecule has 0 aromatic heterocycles. The third kappa shape index (κ3) is 8.38. The van der Waals surface area contributed by atoms with Crippen molar-refractivity contribution in [2.45, 2.75) is 37.5 Å². The molecule has 5 rings (SSSR count). The number of rotatable bonds is 14. The van der Waals surface area contributed by atoms with Crippen LogP contribution >= 0.6 is 34.8 Å². The molecule has 2 N–H and O–H groups in total. The molecule has 9 nitrogen and oxygen atoms in total. The highest BCUT2D eigenvalue weighted by Gasteiger charge is 2.54. The lowest BCUT2D eigenvalue weighted by Crippen LogP contribution is -2.50. The van der Waals surface area contributed by atoms with Crippen LogP contribution in [0.25, 0.3) is 10.4 Å². The van der Waals surface area contributed by atoms with Gasteiger partial charge in [-0.3, -0.25) is 4.79 Å². The lowest BCUT2D eigenvalue weighted by molar-refractivity contribution is -0.128. The molecule has 0 radical (unpaired) electrons. The van der Waals surface area contributed by atoms with Gasteiger partial charge in [0.2, 0.25) is 5.90 Å². The molecule has 0 bridgehead atoms. The van der Waals surface area contributed by atoms with Crippen LogP contribution < -0.4 is 10.1 Å². The van der Waals surface area contributed by atoms with Gasteiger partial charge in [0, 0.05) is 57.1 Å². The molecule has 0 saturated carbocycles. The minimum atomic E-state index is -1.52. The molecule has 0 unspecified atom stereocenters. The first-order valence-corrected chi connectivity index (χ1v) is 16.1. The summed E-state index contributed by atoms with van der Waals surface area (Å²) in [5.41, 5.74) is 11.2. The molecule has 12 heteroatoms. The Morgan fingerprint density at radius 2 is 1.72 bits per heavy atom. The van der Waals surface area contributed by atoms with Crippen LogP contribution in [0.3, 0.4) is 0 Å².